The fourth-order valence-electron chi connectivity index (χ4n) is 1.99. The number of benzene rings is 2. The van der Waals surface area contributed by atoms with Gasteiger partial charge in [-0.05, 0) is 48.4 Å². The second kappa shape index (κ2) is 6.17. The number of halogens is 1. The summed E-state index contributed by atoms with van der Waals surface area (Å²) < 4.78 is 13.0. The highest BCUT2D eigenvalue weighted by Crippen LogP contribution is 2.15. The van der Waals surface area contributed by atoms with E-state index in [-0.39, 0.29) is 18.1 Å². The average molecular weight is 286 g/mol. The molecule has 0 spiro atoms. The Kier molecular flexibility index (Phi) is 4.33. The van der Waals surface area contributed by atoms with E-state index in [0.29, 0.717) is 16.8 Å². The van der Waals surface area contributed by atoms with E-state index >= 15 is 0 Å². The molecule has 0 bridgehead atoms. The quantitative estimate of drug-likeness (QED) is 0.906. The van der Waals surface area contributed by atoms with E-state index in [1.807, 2.05) is 0 Å². The molecule has 0 heterocycles. The molecule has 2 aromatic rings. The number of nitrogens with one attached hydrogen (secondary N) is 1. The number of hydrogen-bond donors (Lipinski definition) is 2. The first-order valence-corrected chi connectivity index (χ1v) is 6.40. The van der Waals surface area contributed by atoms with Crippen LogP contribution in [-0.4, -0.2) is 11.8 Å². The summed E-state index contributed by atoms with van der Waals surface area (Å²) in [6.07, 6.45) is 0.158. The highest BCUT2D eigenvalue weighted by Gasteiger charge is 2.10. The minimum Gasteiger partial charge on any atom is -0.369 e. The summed E-state index contributed by atoms with van der Waals surface area (Å²) in [6, 6.07) is 10.8. The Labute approximate surface area is 121 Å². The van der Waals surface area contributed by atoms with E-state index in [2.05, 4.69) is 5.32 Å². The Morgan fingerprint density at radius 1 is 1.14 bits per heavy atom. The van der Waals surface area contributed by atoms with Crippen molar-refractivity contribution in [2.75, 3.05) is 5.32 Å². The standard InChI is InChI=1S/C16H15FN2O2/c1-10-8-12(17)4-7-14(10)16(21)19-13-5-2-11(3-6-13)9-15(18)20/h2-8H,9H2,1H3,(H2,18,20)(H,19,21). The summed E-state index contributed by atoms with van der Waals surface area (Å²) in [6.45, 7) is 1.67. The van der Waals surface area contributed by atoms with Gasteiger partial charge in [0.1, 0.15) is 5.82 Å². The Morgan fingerprint density at radius 2 is 1.81 bits per heavy atom. The monoisotopic (exact) mass is 286 g/mol. The van der Waals surface area contributed by atoms with Crippen molar-refractivity contribution < 1.29 is 14.0 Å². The molecule has 0 unspecified atom stereocenters. The van der Waals surface area contributed by atoms with Crippen LogP contribution in [0, 0.1) is 12.7 Å². The predicted octanol–water partition coefficient (Wildman–Crippen LogP) is 2.41. The van der Waals surface area contributed by atoms with Gasteiger partial charge in [-0.15, -0.1) is 0 Å². The first-order chi connectivity index (χ1) is 9.95. The third-order valence-corrected chi connectivity index (χ3v) is 3.02. The van der Waals surface area contributed by atoms with Crippen LogP contribution >= 0.6 is 0 Å². The summed E-state index contributed by atoms with van der Waals surface area (Å²) in [5.74, 6) is -1.09. The van der Waals surface area contributed by atoms with Crippen molar-refractivity contribution in [2.45, 2.75) is 13.3 Å². The first kappa shape index (κ1) is 14.7. The molecule has 0 aliphatic carbocycles. The van der Waals surface area contributed by atoms with Gasteiger partial charge in [-0.3, -0.25) is 9.59 Å². The molecule has 0 atom stereocenters. The van der Waals surface area contributed by atoms with E-state index in [0.717, 1.165) is 5.56 Å². The van der Waals surface area contributed by atoms with Gasteiger partial charge in [0.25, 0.3) is 5.91 Å². The van der Waals surface area contributed by atoms with Gasteiger partial charge in [-0.2, -0.15) is 0 Å². The number of nitrogens with two attached hydrogens (primary N) is 1. The molecule has 2 amide bonds. The van der Waals surface area contributed by atoms with Crippen LogP contribution in [0.25, 0.3) is 0 Å². The molecule has 0 aromatic heterocycles. The Balaban J connectivity index is 2.10. The second-order valence-corrected chi connectivity index (χ2v) is 4.75. The number of carbonyl (C=O) groups is 2. The van der Waals surface area contributed by atoms with Gasteiger partial charge in [0.2, 0.25) is 5.91 Å². The minimum absolute atomic E-state index is 0.158. The molecule has 5 heteroatoms. The Bertz CT molecular complexity index is 681. The van der Waals surface area contributed by atoms with Crippen LogP contribution in [0.2, 0.25) is 0 Å². The third-order valence-electron chi connectivity index (χ3n) is 3.02. The van der Waals surface area contributed by atoms with Crippen molar-refractivity contribution in [2.24, 2.45) is 5.73 Å². The number of carbonyl (C=O) groups excluding carboxylic acids is 2. The van der Waals surface area contributed by atoms with Gasteiger partial charge < -0.3 is 11.1 Å². The molecule has 2 rings (SSSR count). The van der Waals surface area contributed by atoms with Gasteiger partial charge in [0.15, 0.2) is 0 Å². The summed E-state index contributed by atoms with van der Waals surface area (Å²) >= 11 is 0. The lowest BCUT2D eigenvalue weighted by Gasteiger charge is -2.08. The van der Waals surface area contributed by atoms with E-state index in [1.165, 1.54) is 18.2 Å². The largest absolute Gasteiger partial charge is 0.369 e. The van der Waals surface area contributed by atoms with Gasteiger partial charge in [-0.25, -0.2) is 4.39 Å². The van der Waals surface area contributed by atoms with Crippen molar-refractivity contribution >= 4 is 17.5 Å². The third kappa shape index (κ3) is 3.89. The van der Waals surface area contributed by atoms with Crippen LogP contribution in [0.5, 0.6) is 0 Å². The molecule has 0 saturated heterocycles. The molecular formula is C16H15FN2O2. The lowest BCUT2D eigenvalue weighted by molar-refractivity contribution is -0.117. The van der Waals surface area contributed by atoms with Crippen LogP contribution in [0.3, 0.4) is 0 Å². The van der Waals surface area contributed by atoms with Crippen LogP contribution < -0.4 is 11.1 Å². The molecule has 0 aliphatic heterocycles. The number of anilines is 1. The van der Waals surface area contributed by atoms with E-state index in [1.54, 1.807) is 31.2 Å². The second-order valence-electron chi connectivity index (χ2n) is 4.75. The molecular weight excluding hydrogens is 271 g/mol. The first-order valence-electron chi connectivity index (χ1n) is 6.40. The zero-order chi connectivity index (χ0) is 15.4. The van der Waals surface area contributed by atoms with Gasteiger partial charge >= 0.3 is 0 Å². The van der Waals surface area contributed by atoms with Crippen molar-refractivity contribution in [1.82, 2.24) is 0 Å². The maximum Gasteiger partial charge on any atom is 0.255 e. The number of aryl methyl sites for hydroxylation is 1. The van der Waals surface area contributed by atoms with E-state index in [4.69, 9.17) is 5.73 Å². The molecule has 0 saturated carbocycles. The molecule has 0 aliphatic rings. The molecule has 0 radical (unpaired) electrons. The topological polar surface area (TPSA) is 72.2 Å². The number of rotatable bonds is 4. The maximum atomic E-state index is 13.0. The van der Waals surface area contributed by atoms with Crippen molar-refractivity contribution in [1.29, 1.82) is 0 Å². The molecule has 108 valence electrons. The van der Waals surface area contributed by atoms with Crippen molar-refractivity contribution in [3.63, 3.8) is 0 Å². The van der Waals surface area contributed by atoms with Crippen LogP contribution in [0.15, 0.2) is 42.5 Å². The molecule has 4 nitrogen and oxygen atoms in total. The lowest BCUT2D eigenvalue weighted by atomic mass is 10.1. The average Bonchev–Trinajstić information content (AvgIpc) is 2.40. The SMILES string of the molecule is Cc1cc(F)ccc1C(=O)Nc1ccc(CC(N)=O)cc1. The number of hydrogen-bond acceptors (Lipinski definition) is 2. The number of amides is 2. The molecule has 0 fully saturated rings. The van der Waals surface area contributed by atoms with Crippen LogP contribution in [-0.2, 0) is 11.2 Å². The fourth-order valence-corrected chi connectivity index (χ4v) is 1.99. The zero-order valence-corrected chi connectivity index (χ0v) is 11.5. The van der Waals surface area contributed by atoms with Crippen molar-refractivity contribution in [3.05, 3.63) is 65.0 Å². The van der Waals surface area contributed by atoms with Crippen LogP contribution in [0.1, 0.15) is 21.5 Å². The molecule has 21 heavy (non-hydrogen) atoms. The zero-order valence-electron chi connectivity index (χ0n) is 11.5. The van der Waals surface area contributed by atoms with Gasteiger partial charge in [-0.1, -0.05) is 12.1 Å². The van der Waals surface area contributed by atoms with Crippen molar-refractivity contribution in [3.8, 4) is 0 Å². The summed E-state index contributed by atoms with van der Waals surface area (Å²) in [7, 11) is 0. The Hall–Kier alpha value is -2.69. The maximum absolute atomic E-state index is 13.0. The van der Waals surface area contributed by atoms with E-state index < -0.39 is 5.91 Å². The molecule has 3 N–H and O–H groups in total. The Morgan fingerprint density at radius 3 is 2.38 bits per heavy atom. The van der Waals surface area contributed by atoms with E-state index in [9.17, 15) is 14.0 Å². The summed E-state index contributed by atoms with van der Waals surface area (Å²) in [4.78, 5) is 22.9. The summed E-state index contributed by atoms with van der Waals surface area (Å²) in [5, 5.41) is 2.72. The van der Waals surface area contributed by atoms with Gasteiger partial charge in [0.05, 0.1) is 6.42 Å². The normalized spacial score (nSPS) is 10.2. The number of primary amides is 1. The lowest BCUT2D eigenvalue weighted by Crippen LogP contribution is -2.14. The van der Waals surface area contributed by atoms with Crippen LogP contribution in [0.4, 0.5) is 10.1 Å². The summed E-state index contributed by atoms with van der Waals surface area (Å²) in [5.41, 5.74) is 7.46. The highest BCUT2D eigenvalue weighted by atomic mass is 19.1. The smallest absolute Gasteiger partial charge is 0.255 e. The molecule has 2 aromatic carbocycles. The minimum atomic E-state index is -0.409. The fraction of sp³-hybridized carbons (Fsp3) is 0.125. The highest BCUT2D eigenvalue weighted by molar-refractivity contribution is 6.05. The predicted molar refractivity (Wildman–Crippen MR) is 78.4 cm³/mol. The van der Waals surface area contributed by atoms with Gasteiger partial charge in [0, 0.05) is 11.3 Å².